The number of nitrogens with zero attached hydrogens (tertiary/aromatic N) is 1. The van der Waals surface area contributed by atoms with Crippen LogP contribution in [-0.4, -0.2) is 43.8 Å². The molecule has 2 rings (SSSR count). The van der Waals surface area contributed by atoms with E-state index in [4.69, 9.17) is 9.47 Å². The maximum atomic E-state index is 11.4. The van der Waals surface area contributed by atoms with Gasteiger partial charge in [-0.1, -0.05) is 19.1 Å². The van der Waals surface area contributed by atoms with Crippen LogP contribution in [0.5, 0.6) is 0 Å². The van der Waals surface area contributed by atoms with Crippen LogP contribution in [0.15, 0.2) is 24.3 Å². The molecule has 0 N–H and O–H groups in total. The second-order valence-corrected chi connectivity index (χ2v) is 5.15. The van der Waals surface area contributed by atoms with E-state index in [1.165, 1.54) is 19.1 Å². The predicted molar refractivity (Wildman–Crippen MR) is 77.7 cm³/mol. The highest BCUT2D eigenvalue weighted by molar-refractivity contribution is 5.89. The second kappa shape index (κ2) is 7.41. The van der Waals surface area contributed by atoms with E-state index in [1.54, 1.807) is 0 Å². The Morgan fingerprint density at radius 2 is 2.15 bits per heavy atom. The fraction of sp³-hybridized carbons (Fsp3) is 0.562. The van der Waals surface area contributed by atoms with Gasteiger partial charge in [-0.2, -0.15) is 0 Å². The van der Waals surface area contributed by atoms with Crippen molar-refractivity contribution < 1.29 is 14.3 Å². The lowest BCUT2D eigenvalue weighted by molar-refractivity contribution is 0.0600. The van der Waals surface area contributed by atoms with E-state index in [1.807, 2.05) is 24.3 Å². The fourth-order valence-corrected chi connectivity index (χ4v) is 2.50. The zero-order chi connectivity index (χ0) is 14.4. The van der Waals surface area contributed by atoms with Gasteiger partial charge < -0.3 is 9.47 Å². The summed E-state index contributed by atoms with van der Waals surface area (Å²) in [6.45, 7) is 5.93. The van der Waals surface area contributed by atoms with Crippen LogP contribution in [0.3, 0.4) is 0 Å². The van der Waals surface area contributed by atoms with Crippen molar-refractivity contribution in [3.8, 4) is 0 Å². The normalized spacial score (nSPS) is 18.4. The quantitative estimate of drug-likeness (QED) is 0.749. The summed E-state index contributed by atoms with van der Waals surface area (Å²) < 4.78 is 10.4. The number of likely N-dealkylation sites (N-methyl/N-ethyl adjacent to an activating group) is 1. The van der Waals surface area contributed by atoms with Gasteiger partial charge in [0.25, 0.3) is 0 Å². The van der Waals surface area contributed by atoms with Crippen molar-refractivity contribution in [1.82, 2.24) is 4.90 Å². The van der Waals surface area contributed by atoms with E-state index in [2.05, 4.69) is 11.8 Å². The maximum Gasteiger partial charge on any atom is 0.337 e. The van der Waals surface area contributed by atoms with Crippen molar-refractivity contribution in [3.05, 3.63) is 35.4 Å². The SMILES string of the molecule is CCN(Cc1ccc(C(=O)OC)cc1)CC1CCCO1. The maximum absolute atomic E-state index is 11.4. The summed E-state index contributed by atoms with van der Waals surface area (Å²) in [6.07, 6.45) is 2.72. The van der Waals surface area contributed by atoms with Crippen LogP contribution in [0.1, 0.15) is 35.7 Å². The molecule has 1 fully saturated rings. The number of methoxy groups -OCH3 is 1. The third-order valence-electron chi connectivity index (χ3n) is 3.71. The van der Waals surface area contributed by atoms with Crippen molar-refractivity contribution in [3.63, 3.8) is 0 Å². The molecule has 1 aromatic carbocycles. The summed E-state index contributed by atoms with van der Waals surface area (Å²) in [5, 5.41) is 0. The van der Waals surface area contributed by atoms with Crippen LogP contribution in [0.25, 0.3) is 0 Å². The van der Waals surface area contributed by atoms with Gasteiger partial charge in [0.05, 0.1) is 18.8 Å². The zero-order valence-corrected chi connectivity index (χ0v) is 12.3. The molecule has 20 heavy (non-hydrogen) atoms. The summed E-state index contributed by atoms with van der Waals surface area (Å²) in [7, 11) is 1.40. The van der Waals surface area contributed by atoms with Crippen molar-refractivity contribution in [2.45, 2.75) is 32.4 Å². The lowest BCUT2D eigenvalue weighted by Crippen LogP contribution is -2.31. The summed E-state index contributed by atoms with van der Waals surface area (Å²) in [6, 6.07) is 7.62. The minimum atomic E-state index is -0.289. The molecule has 4 nitrogen and oxygen atoms in total. The zero-order valence-electron chi connectivity index (χ0n) is 12.3. The van der Waals surface area contributed by atoms with Crippen molar-refractivity contribution in [1.29, 1.82) is 0 Å². The van der Waals surface area contributed by atoms with E-state index >= 15 is 0 Å². The van der Waals surface area contributed by atoms with Crippen LogP contribution in [0.4, 0.5) is 0 Å². The molecular formula is C16H23NO3. The smallest absolute Gasteiger partial charge is 0.337 e. The van der Waals surface area contributed by atoms with Gasteiger partial charge in [0.2, 0.25) is 0 Å². The fourth-order valence-electron chi connectivity index (χ4n) is 2.50. The van der Waals surface area contributed by atoms with Crippen molar-refractivity contribution in [2.24, 2.45) is 0 Å². The van der Waals surface area contributed by atoms with E-state index in [9.17, 15) is 4.79 Å². The van der Waals surface area contributed by atoms with Gasteiger partial charge in [-0.25, -0.2) is 4.79 Å². The molecule has 0 spiro atoms. The van der Waals surface area contributed by atoms with Gasteiger partial charge >= 0.3 is 5.97 Å². The Kier molecular flexibility index (Phi) is 5.56. The first kappa shape index (κ1) is 15.0. The van der Waals surface area contributed by atoms with Crippen LogP contribution in [0, 0.1) is 0 Å². The molecule has 0 radical (unpaired) electrons. The molecule has 1 aliphatic heterocycles. The molecule has 0 saturated carbocycles. The first-order valence-corrected chi connectivity index (χ1v) is 7.24. The van der Waals surface area contributed by atoms with Crippen LogP contribution in [0.2, 0.25) is 0 Å². The van der Waals surface area contributed by atoms with E-state index in [0.717, 1.165) is 32.7 Å². The lowest BCUT2D eigenvalue weighted by Gasteiger charge is -2.23. The molecule has 0 amide bonds. The number of benzene rings is 1. The Morgan fingerprint density at radius 3 is 2.70 bits per heavy atom. The molecule has 0 aromatic heterocycles. The number of rotatable bonds is 6. The minimum absolute atomic E-state index is 0.289. The van der Waals surface area contributed by atoms with Gasteiger partial charge in [-0.05, 0) is 37.1 Å². The molecule has 1 heterocycles. The van der Waals surface area contributed by atoms with Gasteiger partial charge in [-0.15, -0.1) is 0 Å². The molecule has 0 aliphatic carbocycles. The minimum Gasteiger partial charge on any atom is -0.465 e. The Bertz CT molecular complexity index is 424. The first-order valence-electron chi connectivity index (χ1n) is 7.24. The molecule has 1 aliphatic rings. The molecule has 1 saturated heterocycles. The van der Waals surface area contributed by atoms with E-state index < -0.39 is 0 Å². The topological polar surface area (TPSA) is 38.8 Å². The number of carbonyl (C=O) groups is 1. The number of hydrogen-bond donors (Lipinski definition) is 0. The number of esters is 1. The summed E-state index contributed by atoms with van der Waals surface area (Å²) in [4.78, 5) is 13.8. The first-order chi connectivity index (χ1) is 9.72. The Hall–Kier alpha value is -1.39. The van der Waals surface area contributed by atoms with Crippen LogP contribution in [-0.2, 0) is 16.0 Å². The average molecular weight is 277 g/mol. The monoisotopic (exact) mass is 277 g/mol. The van der Waals surface area contributed by atoms with Crippen molar-refractivity contribution in [2.75, 3.05) is 26.8 Å². The summed E-state index contributed by atoms with van der Waals surface area (Å²) in [5.74, 6) is -0.289. The number of ether oxygens (including phenoxy) is 2. The molecular weight excluding hydrogens is 254 g/mol. The Morgan fingerprint density at radius 1 is 1.40 bits per heavy atom. The largest absolute Gasteiger partial charge is 0.465 e. The molecule has 1 aromatic rings. The third-order valence-corrected chi connectivity index (χ3v) is 3.71. The second-order valence-electron chi connectivity index (χ2n) is 5.15. The average Bonchev–Trinajstić information content (AvgIpc) is 2.99. The predicted octanol–water partition coefficient (Wildman–Crippen LogP) is 2.47. The number of hydrogen-bond acceptors (Lipinski definition) is 4. The number of carbonyl (C=O) groups excluding carboxylic acids is 1. The molecule has 1 unspecified atom stereocenters. The van der Waals surface area contributed by atoms with Gasteiger partial charge in [-0.3, -0.25) is 4.90 Å². The Balaban J connectivity index is 1.91. The standard InChI is InChI=1S/C16H23NO3/c1-3-17(12-15-5-4-10-20-15)11-13-6-8-14(9-7-13)16(18)19-2/h6-9,15H,3-5,10-12H2,1-2H3. The highest BCUT2D eigenvalue weighted by atomic mass is 16.5. The highest BCUT2D eigenvalue weighted by Crippen LogP contribution is 2.15. The molecule has 110 valence electrons. The third kappa shape index (κ3) is 4.05. The van der Waals surface area contributed by atoms with Crippen molar-refractivity contribution >= 4 is 5.97 Å². The Labute approximate surface area is 120 Å². The van der Waals surface area contributed by atoms with Gasteiger partial charge in [0.1, 0.15) is 0 Å². The van der Waals surface area contributed by atoms with Crippen LogP contribution < -0.4 is 0 Å². The molecule has 0 bridgehead atoms. The van der Waals surface area contributed by atoms with Gasteiger partial charge in [0, 0.05) is 19.7 Å². The molecule has 4 heteroatoms. The summed E-state index contributed by atoms with van der Waals surface area (Å²) in [5.41, 5.74) is 1.80. The highest BCUT2D eigenvalue weighted by Gasteiger charge is 2.18. The summed E-state index contributed by atoms with van der Waals surface area (Å²) >= 11 is 0. The van der Waals surface area contributed by atoms with E-state index in [-0.39, 0.29) is 5.97 Å². The van der Waals surface area contributed by atoms with Gasteiger partial charge in [0.15, 0.2) is 0 Å². The lowest BCUT2D eigenvalue weighted by atomic mass is 10.1. The van der Waals surface area contributed by atoms with Crippen LogP contribution >= 0.6 is 0 Å². The molecule has 1 atom stereocenters. The van der Waals surface area contributed by atoms with E-state index in [0.29, 0.717) is 11.7 Å².